The third-order valence-corrected chi connectivity index (χ3v) is 4.26. The minimum Gasteiger partial charge on any atom is -0.409 e. The second-order valence-electron chi connectivity index (χ2n) is 4.25. The van der Waals surface area contributed by atoms with Crippen molar-refractivity contribution in [3.8, 4) is 17.1 Å². The maximum atomic E-state index is 13.9. The molecule has 3 rings (SSSR count). The van der Waals surface area contributed by atoms with Crippen molar-refractivity contribution in [2.45, 2.75) is 0 Å². The molecule has 0 saturated heterocycles. The Kier molecular flexibility index (Phi) is 4.23. The molecule has 1 aromatic heterocycles. The molecule has 2 aromatic carbocycles. The predicted octanol–water partition coefficient (Wildman–Crippen LogP) is 5.96. The zero-order valence-corrected chi connectivity index (χ0v) is 13.8. The van der Waals surface area contributed by atoms with E-state index < -0.39 is 5.82 Å². The summed E-state index contributed by atoms with van der Waals surface area (Å²) in [5.74, 6) is -0.600. The highest BCUT2D eigenvalue weighted by molar-refractivity contribution is 7.71. The van der Waals surface area contributed by atoms with Gasteiger partial charge in [0.1, 0.15) is 5.82 Å². The quantitative estimate of drug-likeness (QED) is 0.518. The van der Waals surface area contributed by atoms with Crippen molar-refractivity contribution < 1.29 is 8.81 Å². The van der Waals surface area contributed by atoms with Gasteiger partial charge >= 0.3 is 0 Å². The van der Waals surface area contributed by atoms with E-state index in [-0.39, 0.29) is 26.3 Å². The minimum atomic E-state index is -0.562. The normalized spacial score (nSPS) is 10.9. The van der Waals surface area contributed by atoms with Crippen LogP contribution < -0.4 is 0 Å². The Hall–Kier alpha value is -1.40. The molecule has 112 valence electrons. The molecule has 0 aliphatic heterocycles. The monoisotopic (exact) mass is 374 g/mol. The standard InChI is InChI=1S/C14H6Cl3FN2OS/c15-7-3-1-5-9(18)11(7)13-19-20(14(22)21-13)10-6-2-4-8(16)12(10)17/h1-6H. The van der Waals surface area contributed by atoms with Crippen molar-refractivity contribution in [3.63, 3.8) is 0 Å². The van der Waals surface area contributed by atoms with Gasteiger partial charge in [0.15, 0.2) is 0 Å². The summed E-state index contributed by atoms with van der Waals surface area (Å²) in [5, 5.41) is 4.93. The highest BCUT2D eigenvalue weighted by Crippen LogP contribution is 2.32. The lowest BCUT2D eigenvalue weighted by atomic mass is 10.2. The predicted molar refractivity (Wildman–Crippen MR) is 87.1 cm³/mol. The van der Waals surface area contributed by atoms with Gasteiger partial charge in [0, 0.05) is 0 Å². The number of nitrogens with zero attached hydrogens (tertiary/aromatic N) is 2. The van der Waals surface area contributed by atoms with Crippen LogP contribution in [0.25, 0.3) is 17.1 Å². The van der Waals surface area contributed by atoms with Crippen molar-refractivity contribution >= 4 is 47.0 Å². The number of hydrogen-bond acceptors (Lipinski definition) is 3. The largest absolute Gasteiger partial charge is 0.409 e. The highest BCUT2D eigenvalue weighted by Gasteiger charge is 2.18. The van der Waals surface area contributed by atoms with Crippen molar-refractivity contribution in [2.75, 3.05) is 0 Å². The average molecular weight is 376 g/mol. The fourth-order valence-corrected chi connectivity index (χ4v) is 2.73. The van der Waals surface area contributed by atoms with Gasteiger partial charge in [0.05, 0.1) is 26.3 Å². The molecular formula is C14H6Cl3FN2OS. The van der Waals surface area contributed by atoms with Crippen LogP contribution >= 0.6 is 47.0 Å². The number of hydrogen-bond donors (Lipinski definition) is 0. The Labute approximate surface area is 144 Å². The molecule has 22 heavy (non-hydrogen) atoms. The van der Waals surface area contributed by atoms with Crippen LogP contribution in [0.2, 0.25) is 15.1 Å². The first-order valence-electron chi connectivity index (χ1n) is 5.98. The first-order chi connectivity index (χ1) is 10.5. The zero-order chi connectivity index (χ0) is 15.9. The lowest BCUT2D eigenvalue weighted by Crippen LogP contribution is -1.98. The molecule has 3 nitrogen and oxygen atoms in total. The first kappa shape index (κ1) is 15.5. The Balaban J connectivity index is 2.21. The molecule has 0 unspecified atom stereocenters. The maximum absolute atomic E-state index is 13.9. The lowest BCUT2D eigenvalue weighted by molar-refractivity contribution is 0.537. The topological polar surface area (TPSA) is 31.0 Å². The van der Waals surface area contributed by atoms with Gasteiger partial charge in [-0.2, -0.15) is 4.68 Å². The van der Waals surface area contributed by atoms with Gasteiger partial charge in [-0.1, -0.05) is 46.9 Å². The number of benzene rings is 2. The summed E-state index contributed by atoms with van der Waals surface area (Å²) in [6.07, 6.45) is 0. The van der Waals surface area contributed by atoms with E-state index in [9.17, 15) is 4.39 Å². The van der Waals surface area contributed by atoms with E-state index in [0.717, 1.165) is 0 Å². The molecular weight excluding hydrogens is 370 g/mol. The molecule has 8 heteroatoms. The molecule has 0 saturated carbocycles. The second-order valence-corrected chi connectivity index (χ2v) is 5.80. The van der Waals surface area contributed by atoms with E-state index in [4.69, 9.17) is 51.4 Å². The van der Waals surface area contributed by atoms with Crippen LogP contribution in [0, 0.1) is 10.7 Å². The summed E-state index contributed by atoms with van der Waals surface area (Å²) in [7, 11) is 0. The summed E-state index contributed by atoms with van der Waals surface area (Å²) >= 11 is 23.2. The molecule has 0 aliphatic carbocycles. The number of aromatic nitrogens is 2. The van der Waals surface area contributed by atoms with Gasteiger partial charge in [-0.25, -0.2) is 4.39 Å². The van der Waals surface area contributed by atoms with Gasteiger partial charge in [-0.3, -0.25) is 0 Å². The van der Waals surface area contributed by atoms with Gasteiger partial charge in [0.2, 0.25) is 0 Å². The molecule has 0 bridgehead atoms. The number of rotatable bonds is 2. The van der Waals surface area contributed by atoms with Gasteiger partial charge in [0.25, 0.3) is 10.7 Å². The molecule has 0 N–H and O–H groups in total. The molecule has 0 radical (unpaired) electrons. The Morgan fingerprint density at radius 1 is 1.05 bits per heavy atom. The Morgan fingerprint density at radius 3 is 2.45 bits per heavy atom. The van der Waals surface area contributed by atoms with Crippen molar-refractivity contribution in [1.29, 1.82) is 0 Å². The van der Waals surface area contributed by atoms with Crippen molar-refractivity contribution in [1.82, 2.24) is 9.78 Å². The Morgan fingerprint density at radius 2 is 1.73 bits per heavy atom. The van der Waals surface area contributed by atoms with E-state index >= 15 is 0 Å². The molecule has 3 aromatic rings. The van der Waals surface area contributed by atoms with Gasteiger partial charge < -0.3 is 4.42 Å². The molecule has 0 fully saturated rings. The second kappa shape index (κ2) is 6.01. The van der Waals surface area contributed by atoms with E-state index in [1.165, 1.54) is 22.9 Å². The van der Waals surface area contributed by atoms with Crippen LogP contribution in [-0.2, 0) is 0 Å². The number of halogens is 4. The van der Waals surface area contributed by atoms with E-state index in [1.54, 1.807) is 18.2 Å². The summed E-state index contributed by atoms with van der Waals surface area (Å²) in [6.45, 7) is 0. The first-order valence-corrected chi connectivity index (χ1v) is 7.52. The van der Waals surface area contributed by atoms with Crippen LogP contribution in [0.3, 0.4) is 0 Å². The summed E-state index contributed by atoms with van der Waals surface area (Å²) in [4.78, 5) is -0.00140. The fourth-order valence-electron chi connectivity index (χ4n) is 1.89. The fraction of sp³-hybridized carbons (Fsp3) is 0. The molecule has 1 heterocycles. The summed E-state index contributed by atoms with van der Waals surface area (Å²) < 4.78 is 20.6. The van der Waals surface area contributed by atoms with Crippen LogP contribution in [0.5, 0.6) is 0 Å². The van der Waals surface area contributed by atoms with E-state index in [0.29, 0.717) is 10.7 Å². The van der Waals surface area contributed by atoms with Gasteiger partial charge in [-0.05, 0) is 36.5 Å². The summed E-state index contributed by atoms with van der Waals surface area (Å²) in [6, 6.07) is 9.26. The summed E-state index contributed by atoms with van der Waals surface area (Å²) in [5.41, 5.74) is 0.466. The Bertz CT molecular complexity index is 902. The van der Waals surface area contributed by atoms with Gasteiger partial charge in [-0.15, -0.1) is 5.10 Å². The smallest absolute Gasteiger partial charge is 0.292 e. The molecule has 0 atom stereocenters. The minimum absolute atomic E-state index is 0.00140. The third kappa shape index (κ3) is 2.65. The third-order valence-electron chi connectivity index (χ3n) is 2.88. The van der Waals surface area contributed by atoms with Crippen LogP contribution in [0.4, 0.5) is 4.39 Å². The average Bonchev–Trinajstić information content (AvgIpc) is 2.83. The van der Waals surface area contributed by atoms with Crippen molar-refractivity contribution in [3.05, 3.63) is 62.1 Å². The zero-order valence-electron chi connectivity index (χ0n) is 10.7. The van der Waals surface area contributed by atoms with E-state index in [1.807, 2.05) is 0 Å². The molecule has 0 aliphatic rings. The van der Waals surface area contributed by atoms with Crippen LogP contribution in [0.1, 0.15) is 0 Å². The van der Waals surface area contributed by atoms with Crippen LogP contribution in [-0.4, -0.2) is 9.78 Å². The molecule has 0 spiro atoms. The SMILES string of the molecule is Fc1cccc(Cl)c1-c1nn(-c2cccc(Cl)c2Cl)c(=S)o1. The van der Waals surface area contributed by atoms with Crippen molar-refractivity contribution in [2.24, 2.45) is 0 Å². The maximum Gasteiger partial charge on any atom is 0.292 e. The van der Waals surface area contributed by atoms with E-state index in [2.05, 4.69) is 5.10 Å². The highest BCUT2D eigenvalue weighted by atomic mass is 35.5. The molecule has 0 amide bonds. The van der Waals surface area contributed by atoms with Crippen LogP contribution in [0.15, 0.2) is 40.8 Å². The lowest BCUT2D eigenvalue weighted by Gasteiger charge is -2.03.